The fourth-order valence-electron chi connectivity index (χ4n) is 3.68. The molecule has 0 unspecified atom stereocenters. The number of benzene rings is 1. The van der Waals surface area contributed by atoms with Gasteiger partial charge in [0.05, 0.1) is 12.2 Å². The van der Waals surface area contributed by atoms with E-state index in [1.54, 1.807) is 4.90 Å². The number of methoxy groups -OCH3 is 1. The number of aryl methyl sites for hydroxylation is 1. The fourth-order valence-corrected chi connectivity index (χ4v) is 3.68. The molecule has 1 aromatic heterocycles. The highest BCUT2D eigenvalue weighted by atomic mass is 16.5. The van der Waals surface area contributed by atoms with Gasteiger partial charge in [-0.05, 0) is 25.5 Å². The highest BCUT2D eigenvalue weighted by Gasteiger charge is 2.25. The van der Waals surface area contributed by atoms with Crippen molar-refractivity contribution in [3.05, 3.63) is 42.0 Å². The van der Waals surface area contributed by atoms with E-state index in [1.807, 2.05) is 29.2 Å². The smallest absolute Gasteiger partial charge is 0.249 e. The Morgan fingerprint density at radius 2 is 1.75 bits per heavy atom. The second-order valence-electron chi connectivity index (χ2n) is 8.11. The molecule has 1 aromatic carbocycles. The minimum atomic E-state index is -0.142. The summed E-state index contributed by atoms with van der Waals surface area (Å²) in [7, 11) is 1.49. The summed E-state index contributed by atoms with van der Waals surface area (Å²) in [6.07, 6.45) is 1.83. The van der Waals surface area contributed by atoms with Crippen LogP contribution in [0.25, 0.3) is 11.3 Å². The van der Waals surface area contributed by atoms with Gasteiger partial charge in [-0.1, -0.05) is 43.2 Å². The summed E-state index contributed by atoms with van der Waals surface area (Å²) in [5.41, 5.74) is 3.10. The van der Waals surface area contributed by atoms with E-state index in [1.165, 1.54) is 12.7 Å². The van der Waals surface area contributed by atoms with Crippen molar-refractivity contribution in [2.75, 3.05) is 57.9 Å². The Balaban J connectivity index is 1.54. The largest absolute Gasteiger partial charge is 0.375 e. The van der Waals surface area contributed by atoms with Crippen LogP contribution in [0.1, 0.15) is 25.3 Å². The van der Waals surface area contributed by atoms with Gasteiger partial charge < -0.3 is 19.4 Å². The van der Waals surface area contributed by atoms with Gasteiger partial charge in [0.25, 0.3) is 0 Å². The van der Waals surface area contributed by atoms with Gasteiger partial charge in [-0.2, -0.15) is 0 Å². The third-order valence-electron chi connectivity index (χ3n) is 5.68. The molecule has 0 saturated carbocycles. The monoisotopic (exact) mass is 439 g/mol. The van der Waals surface area contributed by atoms with Crippen LogP contribution in [0, 0.1) is 6.92 Å². The van der Waals surface area contributed by atoms with E-state index in [0.29, 0.717) is 32.7 Å². The summed E-state index contributed by atoms with van der Waals surface area (Å²) in [5.74, 6) is 0.649. The number of hydrogen-bond donors (Lipinski definition) is 0. The molecule has 0 spiro atoms. The minimum absolute atomic E-state index is 0.00201. The summed E-state index contributed by atoms with van der Waals surface area (Å²) in [4.78, 5) is 30.6. The number of piperazine rings is 1. The Hall–Kier alpha value is -3.00. The molecule has 172 valence electrons. The van der Waals surface area contributed by atoms with Crippen molar-refractivity contribution >= 4 is 17.6 Å². The van der Waals surface area contributed by atoms with Crippen molar-refractivity contribution in [3.63, 3.8) is 0 Å². The van der Waals surface area contributed by atoms with Gasteiger partial charge in [-0.25, -0.2) is 0 Å². The summed E-state index contributed by atoms with van der Waals surface area (Å²) >= 11 is 0. The molecule has 2 amide bonds. The number of carbonyl (C=O) groups is 2. The molecule has 1 aliphatic heterocycles. The molecule has 2 heterocycles. The fraction of sp³-hybridized carbons (Fsp3) is 0.500. The molecular formula is C24H33N5O3. The molecule has 1 saturated heterocycles. The predicted molar refractivity (Wildman–Crippen MR) is 124 cm³/mol. The number of amides is 2. The maximum atomic E-state index is 12.8. The Kier molecular flexibility index (Phi) is 8.56. The Morgan fingerprint density at radius 1 is 1.03 bits per heavy atom. The van der Waals surface area contributed by atoms with Crippen LogP contribution >= 0.6 is 0 Å². The Bertz CT molecular complexity index is 878. The van der Waals surface area contributed by atoms with Gasteiger partial charge in [-0.15, -0.1) is 10.2 Å². The number of rotatable bonds is 9. The van der Waals surface area contributed by atoms with E-state index in [9.17, 15) is 9.59 Å². The molecule has 0 aliphatic carbocycles. The molecular weight excluding hydrogens is 406 g/mol. The number of anilines is 1. The van der Waals surface area contributed by atoms with Gasteiger partial charge in [0.1, 0.15) is 6.61 Å². The third-order valence-corrected chi connectivity index (χ3v) is 5.68. The molecule has 32 heavy (non-hydrogen) atoms. The van der Waals surface area contributed by atoms with Crippen LogP contribution in [0.4, 0.5) is 5.82 Å². The number of aromatic nitrogens is 2. The lowest BCUT2D eigenvalue weighted by Gasteiger charge is -2.36. The number of ether oxygens (including phenoxy) is 1. The van der Waals surface area contributed by atoms with Gasteiger partial charge in [0.2, 0.25) is 11.8 Å². The highest BCUT2D eigenvalue weighted by molar-refractivity contribution is 5.85. The number of unbranched alkanes of at least 4 members (excludes halogenated alkanes) is 1. The van der Waals surface area contributed by atoms with Crippen molar-refractivity contribution in [3.8, 4) is 11.3 Å². The van der Waals surface area contributed by atoms with Gasteiger partial charge in [-0.3, -0.25) is 9.59 Å². The average molecular weight is 440 g/mol. The second-order valence-corrected chi connectivity index (χ2v) is 8.11. The highest BCUT2D eigenvalue weighted by Crippen LogP contribution is 2.20. The first-order valence-electron chi connectivity index (χ1n) is 11.2. The van der Waals surface area contributed by atoms with Crippen LogP contribution in [-0.2, 0) is 14.3 Å². The van der Waals surface area contributed by atoms with E-state index < -0.39 is 0 Å². The van der Waals surface area contributed by atoms with Crippen molar-refractivity contribution in [1.29, 1.82) is 0 Å². The zero-order chi connectivity index (χ0) is 22.9. The molecule has 8 heteroatoms. The quantitative estimate of drug-likeness (QED) is 0.597. The lowest BCUT2D eigenvalue weighted by Crippen LogP contribution is -2.52. The van der Waals surface area contributed by atoms with Crippen LogP contribution in [0.15, 0.2) is 36.4 Å². The first-order valence-corrected chi connectivity index (χ1v) is 11.2. The van der Waals surface area contributed by atoms with E-state index in [4.69, 9.17) is 4.74 Å². The molecule has 1 fully saturated rings. The van der Waals surface area contributed by atoms with Crippen LogP contribution in [0.3, 0.4) is 0 Å². The maximum absolute atomic E-state index is 12.8. The minimum Gasteiger partial charge on any atom is -0.375 e. The molecule has 0 atom stereocenters. The summed E-state index contributed by atoms with van der Waals surface area (Å²) in [6.45, 7) is 7.37. The zero-order valence-corrected chi connectivity index (χ0v) is 19.3. The van der Waals surface area contributed by atoms with E-state index in [-0.39, 0.29) is 25.0 Å². The topological polar surface area (TPSA) is 78.9 Å². The number of hydrogen-bond acceptors (Lipinski definition) is 6. The number of carbonyl (C=O) groups excluding carboxylic acids is 2. The SMILES string of the molecule is CCCCN(CC(=O)N1CCN(c2ccc(-c3ccc(C)cc3)nn2)CC1)C(=O)COC. The van der Waals surface area contributed by atoms with Crippen molar-refractivity contribution in [2.24, 2.45) is 0 Å². The third kappa shape index (κ3) is 6.26. The molecule has 1 aliphatic rings. The molecule has 0 bridgehead atoms. The van der Waals surface area contributed by atoms with Gasteiger partial charge >= 0.3 is 0 Å². The van der Waals surface area contributed by atoms with Crippen molar-refractivity contribution in [1.82, 2.24) is 20.0 Å². The van der Waals surface area contributed by atoms with E-state index in [0.717, 1.165) is 29.9 Å². The van der Waals surface area contributed by atoms with E-state index >= 15 is 0 Å². The van der Waals surface area contributed by atoms with Crippen LogP contribution < -0.4 is 4.90 Å². The first-order chi connectivity index (χ1) is 15.5. The van der Waals surface area contributed by atoms with Crippen molar-refractivity contribution < 1.29 is 14.3 Å². The standard InChI is InChI=1S/C24H33N5O3/c1-4-5-12-29(24(31)18-32-3)17-23(30)28-15-13-27(14-16-28)22-11-10-21(25-26-22)20-8-6-19(2)7-9-20/h6-11H,4-5,12-18H2,1-3H3. The lowest BCUT2D eigenvalue weighted by atomic mass is 10.1. The lowest BCUT2D eigenvalue weighted by molar-refractivity contribution is -0.142. The molecule has 0 radical (unpaired) electrons. The van der Waals surface area contributed by atoms with Gasteiger partial charge in [0.15, 0.2) is 5.82 Å². The Labute approximate surface area is 190 Å². The second kappa shape index (κ2) is 11.6. The normalized spacial score (nSPS) is 13.8. The maximum Gasteiger partial charge on any atom is 0.249 e. The summed E-state index contributed by atoms with van der Waals surface area (Å²) in [6, 6.07) is 12.2. The first kappa shape index (κ1) is 23.7. The van der Waals surface area contributed by atoms with Gasteiger partial charge in [0, 0.05) is 45.4 Å². The van der Waals surface area contributed by atoms with Crippen molar-refractivity contribution in [2.45, 2.75) is 26.7 Å². The summed E-state index contributed by atoms with van der Waals surface area (Å²) in [5, 5.41) is 8.79. The predicted octanol–water partition coefficient (Wildman–Crippen LogP) is 2.38. The molecule has 0 N–H and O–H groups in total. The van der Waals surface area contributed by atoms with Crippen LogP contribution in [0.2, 0.25) is 0 Å². The van der Waals surface area contributed by atoms with E-state index in [2.05, 4.69) is 41.1 Å². The average Bonchev–Trinajstić information content (AvgIpc) is 2.82. The van der Waals surface area contributed by atoms with Crippen LogP contribution in [-0.4, -0.2) is 84.8 Å². The number of nitrogens with zero attached hydrogens (tertiary/aromatic N) is 5. The summed E-state index contributed by atoms with van der Waals surface area (Å²) < 4.78 is 4.96. The zero-order valence-electron chi connectivity index (χ0n) is 19.3. The van der Waals surface area contributed by atoms with Crippen LogP contribution in [0.5, 0.6) is 0 Å². The Morgan fingerprint density at radius 3 is 2.34 bits per heavy atom. The molecule has 8 nitrogen and oxygen atoms in total. The molecule has 2 aromatic rings. The molecule has 3 rings (SSSR count).